The summed E-state index contributed by atoms with van der Waals surface area (Å²) < 4.78 is 1.86. The van der Waals surface area contributed by atoms with Crippen LogP contribution in [0.3, 0.4) is 0 Å². The number of hydrogen-bond donors (Lipinski definition) is 2. The SMILES string of the molecule is NC(c1ccn(CC(=O)Nc2ccc(Cl)cc2)c1)C1CC1. The van der Waals surface area contributed by atoms with E-state index in [9.17, 15) is 4.79 Å². The van der Waals surface area contributed by atoms with Crippen LogP contribution >= 0.6 is 11.6 Å². The van der Waals surface area contributed by atoms with Crippen LogP contribution in [0.5, 0.6) is 0 Å². The van der Waals surface area contributed by atoms with Gasteiger partial charge in [0.1, 0.15) is 6.54 Å². The van der Waals surface area contributed by atoms with Gasteiger partial charge in [-0.25, -0.2) is 0 Å². The van der Waals surface area contributed by atoms with E-state index in [1.54, 1.807) is 24.3 Å². The molecule has 0 aliphatic heterocycles. The summed E-state index contributed by atoms with van der Waals surface area (Å²) in [5, 5.41) is 3.49. The van der Waals surface area contributed by atoms with Crippen molar-refractivity contribution < 1.29 is 4.79 Å². The Morgan fingerprint density at radius 3 is 2.71 bits per heavy atom. The van der Waals surface area contributed by atoms with Crippen LogP contribution in [0.15, 0.2) is 42.7 Å². The molecule has 21 heavy (non-hydrogen) atoms. The third-order valence-corrected chi connectivity index (χ3v) is 3.99. The molecule has 1 aliphatic rings. The number of anilines is 1. The molecule has 2 aromatic rings. The van der Waals surface area contributed by atoms with Crippen LogP contribution in [0.25, 0.3) is 0 Å². The molecule has 1 amide bonds. The normalized spacial score (nSPS) is 15.7. The zero-order chi connectivity index (χ0) is 14.8. The quantitative estimate of drug-likeness (QED) is 0.891. The van der Waals surface area contributed by atoms with Gasteiger partial charge in [0.25, 0.3) is 0 Å². The van der Waals surface area contributed by atoms with Gasteiger partial charge in [0.05, 0.1) is 0 Å². The van der Waals surface area contributed by atoms with E-state index in [0.717, 1.165) is 11.3 Å². The zero-order valence-electron chi connectivity index (χ0n) is 11.6. The third-order valence-electron chi connectivity index (χ3n) is 3.74. The summed E-state index contributed by atoms with van der Waals surface area (Å²) in [4.78, 5) is 12.0. The molecule has 1 saturated carbocycles. The number of benzene rings is 1. The van der Waals surface area contributed by atoms with Gasteiger partial charge in [-0.2, -0.15) is 0 Å². The number of aromatic nitrogens is 1. The molecule has 1 unspecified atom stereocenters. The fraction of sp³-hybridized carbons (Fsp3) is 0.312. The first-order valence-electron chi connectivity index (χ1n) is 7.08. The van der Waals surface area contributed by atoms with Crippen molar-refractivity contribution in [2.24, 2.45) is 11.7 Å². The van der Waals surface area contributed by atoms with Crippen molar-refractivity contribution >= 4 is 23.2 Å². The Balaban J connectivity index is 1.58. The lowest BCUT2D eigenvalue weighted by atomic mass is 10.1. The number of rotatable bonds is 5. The summed E-state index contributed by atoms with van der Waals surface area (Å²) in [5.74, 6) is 0.545. The number of nitrogens with two attached hydrogens (primary N) is 1. The second-order valence-electron chi connectivity index (χ2n) is 5.54. The molecule has 1 aromatic heterocycles. The predicted octanol–water partition coefficient (Wildman–Crippen LogP) is 3.19. The maximum atomic E-state index is 12.0. The monoisotopic (exact) mass is 303 g/mol. The van der Waals surface area contributed by atoms with E-state index in [0.29, 0.717) is 10.9 Å². The minimum Gasteiger partial charge on any atom is -0.345 e. The van der Waals surface area contributed by atoms with Crippen molar-refractivity contribution in [3.63, 3.8) is 0 Å². The number of amides is 1. The Morgan fingerprint density at radius 1 is 1.33 bits per heavy atom. The highest BCUT2D eigenvalue weighted by Crippen LogP contribution is 2.39. The smallest absolute Gasteiger partial charge is 0.244 e. The number of hydrogen-bond acceptors (Lipinski definition) is 2. The fourth-order valence-corrected chi connectivity index (χ4v) is 2.51. The Hall–Kier alpha value is -1.78. The minimum atomic E-state index is -0.0699. The molecule has 1 aromatic carbocycles. The highest BCUT2D eigenvalue weighted by molar-refractivity contribution is 6.30. The van der Waals surface area contributed by atoms with E-state index in [1.165, 1.54) is 12.8 Å². The Morgan fingerprint density at radius 2 is 2.05 bits per heavy atom. The van der Waals surface area contributed by atoms with E-state index in [-0.39, 0.29) is 18.5 Å². The average Bonchev–Trinajstić information content (AvgIpc) is 3.21. The molecule has 1 aliphatic carbocycles. The molecule has 1 atom stereocenters. The van der Waals surface area contributed by atoms with E-state index in [4.69, 9.17) is 17.3 Å². The Bertz CT molecular complexity index is 631. The van der Waals surface area contributed by atoms with Crippen LogP contribution in [0.2, 0.25) is 5.02 Å². The first-order valence-corrected chi connectivity index (χ1v) is 7.46. The van der Waals surface area contributed by atoms with Crippen LogP contribution in [0.1, 0.15) is 24.4 Å². The zero-order valence-corrected chi connectivity index (χ0v) is 12.4. The lowest BCUT2D eigenvalue weighted by molar-refractivity contribution is -0.116. The Labute approximate surface area is 128 Å². The van der Waals surface area contributed by atoms with E-state index in [2.05, 4.69) is 5.32 Å². The Kier molecular flexibility index (Phi) is 3.99. The lowest BCUT2D eigenvalue weighted by Gasteiger charge is -2.08. The van der Waals surface area contributed by atoms with Gasteiger partial charge in [-0.15, -0.1) is 0 Å². The molecule has 1 heterocycles. The summed E-state index contributed by atoms with van der Waals surface area (Å²) >= 11 is 5.81. The van der Waals surface area contributed by atoms with Gasteiger partial charge in [0, 0.05) is 29.1 Å². The van der Waals surface area contributed by atoms with Crippen LogP contribution < -0.4 is 11.1 Å². The fourth-order valence-electron chi connectivity index (χ4n) is 2.38. The number of carbonyl (C=O) groups is 1. The molecular weight excluding hydrogens is 286 g/mol. The van der Waals surface area contributed by atoms with Crippen LogP contribution in [0.4, 0.5) is 5.69 Å². The van der Waals surface area contributed by atoms with Gasteiger partial charge < -0.3 is 15.6 Å². The van der Waals surface area contributed by atoms with Crippen molar-refractivity contribution in [1.29, 1.82) is 0 Å². The molecule has 0 bridgehead atoms. The van der Waals surface area contributed by atoms with Gasteiger partial charge in [-0.3, -0.25) is 4.79 Å². The van der Waals surface area contributed by atoms with Crippen LogP contribution in [0, 0.1) is 5.92 Å². The van der Waals surface area contributed by atoms with Crippen molar-refractivity contribution in [2.75, 3.05) is 5.32 Å². The predicted molar refractivity (Wildman–Crippen MR) is 84.2 cm³/mol. The molecule has 1 fully saturated rings. The number of nitrogens with one attached hydrogen (secondary N) is 1. The van der Waals surface area contributed by atoms with Gasteiger partial charge >= 0.3 is 0 Å². The maximum Gasteiger partial charge on any atom is 0.244 e. The van der Waals surface area contributed by atoms with Crippen molar-refractivity contribution in [3.05, 3.63) is 53.3 Å². The largest absolute Gasteiger partial charge is 0.345 e. The van der Waals surface area contributed by atoms with E-state index < -0.39 is 0 Å². The molecule has 110 valence electrons. The lowest BCUT2D eigenvalue weighted by Crippen LogP contribution is -2.18. The van der Waals surface area contributed by atoms with Gasteiger partial charge in [-0.05, 0) is 54.7 Å². The number of halogens is 1. The third kappa shape index (κ3) is 3.65. The highest BCUT2D eigenvalue weighted by Gasteiger charge is 2.29. The second kappa shape index (κ2) is 5.92. The molecular formula is C16H18ClN3O. The second-order valence-corrected chi connectivity index (χ2v) is 5.97. The van der Waals surface area contributed by atoms with E-state index in [1.807, 2.05) is 23.0 Å². The summed E-state index contributed by atoms with van der Waals surface area (Å²) in [6, 6.07) is 9.16. The molecule has 5 heteroatoms. The van der Waals surface area contributed by atoms with Crippen molar-refractivity contribution in [1.82, 2.24) is 4.57 Å². The summed E-state index contributed by atoms with van der Waals surface area (Å²) in [6.45, 7) is 0.278. The van der Waals surface area contributed by atoms with Gasteiger partial charge in [0.15, 0.2) is 0 Å². The maximum absolute atomic E-state index is 12.0. The summed E-state index contributed by atoms with van der Waals surface area (Å²) in [6.07, 6.45) is 6.29. The molecule has 0 spiro atoms. The van der Waals surface area contributed by atoms with Crippen molar-refractivity contribution in [3.8, 4) is 0 Å². The molecule has 4 nitrogen and oxygen atoms in total. The first-order chi connectivity index (χ1) is 10.1. The number of carbonyl (C=O) groups excluding carboxylic acids is 1. The van der Waals surface area contributed by atoms with Crippen LogP contribution in [-0.4, -0.2) is 10.5 Å². The van der Waals surface area contributed by atoms with Gasteiger partial charge in [-0.1, -0.05) is 11.6 Å². The molecule has 0 saturated heterocycles. The topological polar surface area (TPSA) is 60.0 Å². The highest BCUT2D eigenvalue weighted by atomic mass is 35.5. The van der Waals surface area contributed by atoms with E-state index >= 15 is 0 Å². The van der Waals surface area contributed by atoms with Gasteiger partial charge in [0.2, 0.25) is 5.91 Å². The minimum absolute atomic E-state index is 0.0699. The summed E-state index contributed by atoms with van der Waals surface area (Å²) in [5.41, 5.74) is 8.01. The molecule has 3 N–H and O–H groups in total. The first kappa shape index (κ1) is 14.2. The molecule has 0 radical (unpaired) electrons. The summed E-state index contributed by atoms with van der Waals surface area (Å²) in [7, 11) is 0. The standard InChI is InChI=1S/C16H18ClN3O/c17-13-3-5-14(6-4-13)19-15(21)10-20-8-7-12(9-20)16(18)11-1-2-11/h3-9,11,16H,1-2,10,18H2,(H,19,21). The average molecular weight is 304 g/mol. The number of nitrogens with zero attached hydrogens (tertiary/aromatic N) is 1. The van der Waals surface area contributed by atoms with Crippen LogP contribution in [-0.2, 0) is 11.3 Å². The van der Waals surface area contributed by atoms with Crippen molar-refractivity contribution in [2.45, 2.75) is 25.4 Å². The molecule has 3 rings (SSSR count).